The highest BCUT2D eigenvalue weighted by Gasteiger charge is 2.41. The minimum atomic E-state index is -3.20. The predicted octanol–water partition coefficient (Wildman–Crippen LogP) is 4.36. The van der Waals surface area contributed by atoms with Crippen LogP contribution in [-0.2, 0) is 19.6 Å². The monoisotopic (exact) mass is 577 g/mol. The third-order valence-electron chi connectivity index (χ3n) is 10.2. The highest BCUT2D eigenvalue weighted by molar-refractivity contribution is 7.89. The first-order chi connectivity index (χ1) is 19.1. The second-order valence-electron chi connectivity index (χ2n) is 13.1. The van der Waals surface area contributed by atoms with E-state index in [1.165, 1.54) is 12.1 Å². The predicted molar refractivity (Wildman–Crippen MR) is 155 cm³/mol. The molecule has 3 N–H and O–H groups in total. The molecule has 3 aliphatic heterocycles. The average Bonchev–Trinajstić information content (AvgIpc) is 3.30. The van der Waals surface area contributed by atoms with Crippen molar-refractivity contribution in [3.05, 3.63) is 35.6 Å². The molecule has 10 atom stereocenters. The van der Waals surface area contributed by atoms with Crippen LogP contribution in [0.4, 0.5) is 4.39 Å². The molecule has 2 bridgehead atoms. The Morgan fingerprint density at radius 3 is 2.50 bits per heavy atom. The number of halogens is 1. The Morgan fingerprint density at radius 2 is 1.77 bits per heavy atom. The van der Waals surface area contributed by atoms with Gasteiger partial charge in [0, 0.05) is 37.5 Å². The maximum Gasteiger partial charge on any atom is 0.214 e. The van der Waals surface area contributed by atoms with Crippen LogP contribution in [0.5, 0.6) is 0 Å². The van der Waals surface area contributed by atoms with Crippen LogP contribution in [0, 0.1) is 23.6 Å². The number of sulfonamides is 1. The number of Topliss-reactive ketones (excluding diaryl/α,β-unsaturated/α-hetero) is 1. The molecule has 9 heteroatoms. The number of hydrogen-bond acceptors (Lipinski definition) is 6. The number of carbonyl (C=O) groups excluding carboxylic acids is 1. The third kappa shape index (κ3) is 6.97. The lowest BCUT2D eigenvalue weighted by atomic mass is 9.72. The fourth-order valence-corrected chi connectivity index (χ4v) is 10.0. The van der Waals surface area contributed by atoms with Gasteiger partial charge in [0.25, 0.3) is 0 Å². The van der Waals surface area contributed by atoms with Gasteiger partial charge in [-0.15, -0.1) is 0 Å². The van der Waals surface area contributed by atoms with Gasteiger partial charge in [-0.05, 0) is 94.2 Å². The molecule has 2 unspecified atom stereocenters. The summed E-state index contributed by atoms with van der Waals surface area (Å²) in [5, 5.41) is 3.57. The van der Waals surface area contributed by atoms with Crippen LogP contribution in [0.15, 0.2) is 24.3 Å². The molecule has 4 aliphatic rings. The number of nitrogens with one attached hydrogen (secondary N) is 1. The molecule has 5 rings (SSSR count). The van der Waals surface area contributed by atoms with Gasteiger partial charge in [0.2, 0.25) is 10.0 Å². The van der Waals surface area contributed by atoms with E-state index >= 15 is 0 Å². The van der Waals surface area contributed by atoms with Gasteiger partial charge in [0.15, 0.2) is 0 Å². The minimum Gasteiger partial charge on any atom is -0.376 e. The van der Waals surface area contributed by atoms with Crippen LogP contribution in [0.2, 0.25) is 0 Å². The molecule has 40 heavy (non-hydrogen) atoms. The molecule has 3 saturated heterocycles. The summed E-state index contributed by atoms with van der Waals surface area (Å²) >= 11 is 0. The number of nitrogens with zero attached hydrogens (tertiary/aromatic N) is 1. The molecule has 1 aromatic rings. The lowest BCUT2D eigenvalue weighted by molar-refractivity contribution is -0.123. The number of piperazine rings is 1. The van der Waals surface area contributed by atoms with Crippen LogP contribution in [0.1, 0.15) is 89.5 Å². The fourth-order valence-electron chi connectivity index (χ4n) is 8.22. The van der Waals surface area contributed by atoms with Crippen molar-refractivity contribution in [3.63, 3.8) is 0 Å². The Labute approximate surface area is 239 Å². The van der Waals surface area contributed by atoms with Crippen LogP contribution in [0.3, 0.4) is 0 Å². The fraction of sp³-hybridized carbons (Fsp3) is 0.774. The first-order valence-electron chi connectivity index (χ1n) is 15.5. The number of carbonyl (C=O) groups is 1. The van der Waals surface area contributed by atoms with Gasteiger partial charge in [-0.25, -0.2) is 12.8 Å². The van der Waals surface area contributed by atoms with Crippen molar-refractivity contribution in [1.82, 2.24) is 9.62 Å². The molecular formula is C31H48FN3O4S. The standard InChI is InChI=1S/C31H48FN3O4S/c1-20-15-25(16-21(2)39-20)30(23-8-11-26(32)12-9-23)31(33)29(36)17-24-6-3-5-22(24)10-13-28-18-34-27-7-4-14-40(37,38)35(28)19-27/h8-9,11-12,20-22,24-25,27-28,30-31,34H,3-7,10,13-19,33H2,1-2H3/t20-,21+,22-,24-,25?,27-,28+,30+,31-/m1/s1. The number of fused-ring (bicyclic) bond motifs is 2. The molecule has 7 nitrogen and oxygen atoms in total. The average molecular weight is 578 g/mol. The number of ether oxygens (including phenoxy) is 1. The van der Waals surface area contributed by atoms with Crippen molar-refractivity contribution in [2.75, 3.05) is 18.8 Å². The SMILES string of the molecule is C[C@@H]1CC([C@H](c2ccc(F)cc2)[C@H](N)C(=O)C[C@H]2CCC[C@@H]2CC[C@H]2CN[C@@H]3CCCS(=O)(=O)N2C3)C[C@H](C)O1. The van der Waals surface area contributed by atoms with Crippen molar-refractivity contribution in [3.8, 4) is 0 Å². The summed E-state index contributed by atoms with van der Waals surface area (Å²) in [6.45, 7) is 5.44. The highest BCUT2D eigenvalue weighted by atomic mass is 32.2. The summed E-state index contributed by atoms with van der Waals surface area (Å²) in [6, 6.07) is 6.13. The molecule has 1 aliphatic carbocycles. The van der Waals surface area contributed by atoms with Gasteiger partial charge in [-0.3, -0.25) is 4.79 Å². The van der Waals surface area contributed by atoms with Crippen LogP contribution < -0.4 is 11.1 Å². The van der Waals surface area contributed by atoms with E-state index in [1.54, 1.807) is 16.4 Å². The smallest absolute Gasteiger partial charge is 0.214 e. The summed E-state index contributed by atoms with van der Waals surface area (Å²) in [5.41, 5.74) is 7.73. The van der Waals surface area contributed by atoms with Crippen LogP contribution >= 0.6 is 0 Å². The highest BCUT2D eigenvalue weighted by Crippen LogP contribution is 2.42. The van der Waals surface area contributed by atoms with Gasteiger partial charge >= 0.3 is 0 Å². The number of ketones is 1. The van der Waals surface area contributed by atoms with E-state index in [9.17, 15) is 17.6 Å². The Morgan fingerprint density at radius 1 is 1.07 bits per heavy atom. The van der Waals surface area contributed by atoms with Crippen molar-refractivity contribution in [2.24, 2.45) is 23.5 Å². The van der Waals surface area contributed by atoms with Crippen molar-refractivity contribution in [2.45, 2.75) is 114 Å². The molecule has 4 fully saturated rings. The zero-order chi connectivity index (χ0) is 28.4. The number of benzene rings is 1. The lowest BCUT2D eigenvalue weighted by Gasteiger charge is -2.39. The summed E-state index contributed by atoms with van der Waals surface area (Å²) in [4.78, 5) is 13.8. The molecule has 224 valence electrons. The van der Waals surface area contributed by atoms with Crippen LogP contribution in [0.25, 0.3) is 0 Å². The first kappa shape index (κ1) is 30.1. The molecule has 0 radical (unpaired) electrons. The zero-order valence-electron chi connectivity index (χ0n) is 24.1. The maximum atomic E-state index is 13.8. The first-order valence-corrected chi connectivity index (χ1v) is 17.1. The van der Waals surface area contributed by atoms with E-state index in [2.05, 4.69) is 19.2 Å². The topological polar surface area (TPSA) is 102 Å². The van der Waals surface area contributed by atoms with Crippen molar-refractivity contribution < 1.29 is 22.3 Å². The van der Waals surface area contributed by atoms with Gasteiger partial charge in [0.05, 0.1) is 24.0 Å². The van der Waals surface area contributed by atoms with Crippen molar-refractivity contribution >= 4 is 15.8 Å². The van der Waals surface area contributed by atoms with Crippen molar-refractivity contribution in [1.29, 1.82) is 0 Å². The molecule has 0 spiro atoms. The molecule has 0 amide bonds. The van der Waals surface area contributed by atoms with E-state index in [-0.39, 0.29) is 59.4 Å². The van der Waals surface area contributed by atoms with E-state index in [4.69, 9.17) is 10.5 Å². The normalized spacial score (nSPS) is 37.4. The second kappa shape index (κ2) is 12.9. The van der Waals surface area contributed by atoms with E-state index in [0.717, 1.165) is 63.4 Å². The number of nitrogens with two attached hydrogens (primary N) is 1. The molecule has 3 heterocycles. The minimum absolute atomic E-state index is 0.00100. The molecule has 0 aromatic heterocycles. The van der Waals surface area contributed by atoms with E-state index in [0.29, 0.717) is 25.4 Å². The quantitative estimate of drug-likeness (QED) is 0.452. The summed E-state index contributed by atoms with van der Waals surface area (Å²) in [6.07, 6.45) is 8.91. The zero-order valence-corrected chi connectivity index (χ0v) is 25.0. The molecule has 1 saturated carbocycles. The number of rotatable bonds is 9. The lowest BCUT2D eigenvalue weighted by Crippen LogP contribution is -2.57. The Kier molecular flexibility index (Phi) is 9.67. The van der Waals surface area contributed by atoms with E-state index < -0.39 is 16.1 Å². The summed E-state index contributed by atoms with van der Waals surface area (Å²) in [7, 11) is -3.20. The molecular weight excluding hydrogens is 529 g/mol. The van der Waals surface area contributed by atoms with Gasteiger partial charge in [0.1, 0.15) is 11.6 Å². The summed E-state index contributed by atoms with van der Waals surface area (Å²) < 4.78 is 47.3. The number of hydrogen-bond donors (Lipinski definition) is 2. The summed E-state index contributed by atoms with van der Waals surface area (Å²) in [5.74, 6) is 0.773. The largest absolute Gasteiger partial charge is 0.376 e. The second-order valence-corrected chi connectivity index (χ2v) is 15.1. The maximum absolute atomic E-state index is 13.8. The Hall–Kier alpha value is -1.39. The van der Waals surface area contributed by atoms with Gasteiger partial charge in [-0.1, -0.05) is 25.0 Å². The Bertz CT molecular complexity index is 1110. The molecule has 1 aromatic carbocycles. The Balaban J connectivity index is 1.24. The van der Waals surface area contributed by atoms with Gasteiger partial charge < -0.3 is 15.8 Å². The van der Waals surface area contributed by atoms with Gasteiger partial charge in [-0.2, -0.15) is 4.31 Å². The van der Waals surface area contributed by atoms with E-state index in [1.807, 2.05) is 0 Å². The third-order valence-corrected chi connectivity index (χ3v) is 12.1. The van der Waals surface area contributed by atoms with Crippen LogP contribution in [-0.4, -0.2) is 67.7 Å².